The summed E-state index contributed by atoms with van der Waals surface area (Å²) < 4.78 is 42.9. The molecule has 0 saturated carbocycles. The van der Waals surface area contributed by atoms with Crippen LogP contribution in [0.15, 0.2) is 41.3 Å². The molecule has 0 aliphatic rings. The molecule has 0 bridgehead atoms. The summed E-state index contributed by atoms with van der Waals surface area (Å²) in [5.74, 6) is -1.28. The Kier molecular flexibility index (Phi) is 5.99. The zero-order valence-corrected chi connectivity index (χ0v) is 15.0. The molecule has 0 fully saturated rings. The van der Waals surface area contributed by atoms with Crippen molar-refractivity contribution in [1.29, 1.82) is 0 Å². The molecule has 1 amide bonds. The van der Waals surface area contributed by atoms with E-state index in [1.54, 1.807) is 17.0 Å². The monoisotopic (exact) mass is 386 g/mol. The molecule has 2 N–H and O–H groups in total. The first-order chi connectivity index (χ1) is 11.7. The number of carbonyl (C=O) groups excluding carboxylic acids is 1. The normalized spacial score (nSPS) is 11.2. The van der Waals surface area contributed by atoms with Crippen molar-refractivity contribution < 1.29 is 22.3 Å². The van der Waals surface area contributed by atoms with Crippen LogP contribution in [0.1, 0.15) is 11.1 Å². The van der Waals surface area contributed by atoms with E-state index in [0.717, 1.165) is 23.3 Å². The number of hydrogen-bond donors (Lipinski definition) is 2. The van der Waals surface area contributed by atoms with Gasteiger partial charge in [-0.3, -0.25) is 10.2 Å². The van der Waals surface area contributed by atoms with Crippen LogP contribution in [0, 0.1) is 19.7 Å². The van der Waals surface area contributed by atoms with Gasteiger partial charge in [-0.25, -0.2) is 12.8 Å². The smallest absolute Gasteiger partial charge is 0.272 e. The quantitative estimate of drug-likeness (QED) is 0.747. The van der Waals surface area contributed by atoms with Crippen molar-refractivity contribution in [3.63, 3.8) is 0 Å². The molecule has 0 heterocycles. The van der Waals surface area contributed by atoms with E-state index >= 15 is 0 Å². The molecule has 9 heteroatoms. The molecule has 0 aliphatic carbocycles. The van der Waals surface area contributed by atoms with E-state index in [4.69, 9.17) is 16.3 Å². The van der Waals surface area contributed by atoms with Crippen molar-refractivity contribution in [2.45, 2.75) is 18.7 Å². The van der Waals surface area contributed by atoms with Crippen molar-refractivity contribution in [1.82, 2.24) is 10.3 Å². The van der Waals surface area contributed by atoms with E-state index in [2.05, 4.69) is 0 Å². The Labute approximate surface area is 150 Å². The maximum Gasteiger partial charge on any atom is 0.272 e. The number of hydrazine groups is 1. The highest BCUT2D eigenvalue weighted by molar-refractivity contribution is 7.89. The van der Waals surface area contributed by atoms with E-state index in [1.807, 2.05) is 25.3 Å². The lowest BCUT2D eigenvalue weighted by Crippen LogP contribution is -2.43. The summed E-state index contributed by atoms with van der Waals surface area (Å²) in [6.45, 7) is 3.36. The summed E-state index contributed by atoms with van der Waals surface area (Å²) in [5.41, 5.74) is 3.90. The first-order valence-corrected chi connectivity index (χ1v) is 9.00. The second-order valence-corrected chi connectivity index (χ2v) is 7.43. The second kappa shape index (κ2) is 7.81. The van der Waals surface area contributed by atoms with E-state index in [-0.39, 0.29) is 5.02 Å². The lowest BCUT2D eigenvalue weighted by Gasteiger charge is -2.11. The van der Waals surface area contributed by atoms with Gasteiger partial charge < -0.3 is 4.74 Å². The van der Waals surface area contributed by atoms with E-state index in [9.17, 15) is 17.6 Å². The Morgan fingerprint density at radius 2 is 1.80 bits per heavy atom. The van der Waals surface area contributed by atoms with Gasteiger partial charge >= 0.3 is 0 Å². The Morgan fingerprint density at radius 1 is 1.16 bits per heavy atom. The maximum atomic E-state index is 13.7. The third kappa shape index (κ3) is 5.42. The van der Waals surface area contributed by atoms with Crippen molar-refractivity contribution in [3.8, 4) is 5.75 Å². The van der Waals surface area contributed by atoms with Gasteiger partial charge in [0.2, 0.25) is 0 Å². The predicted molar refractivity (Wildman–Crippen MR) is 91.3 cm³/mol. The number of sulfonamides is 1. The Bertz CT molecular complexity index is 883. The van der Waals surface area contributed by atoms with Gasteiger partial charge in [-0.1, -0.05) is 17.7 Å². The highest BCUT2D eigenvalue weighted by Gasteiger charge is 2.20. The minimum absolute atomic E-state index is 0.0577. The molecule has 2 aromatic carbocycles. The van der Waals surface area contributed by atoms with Crippen LogP contribution in [0.3, 0.4) is 0 Å². The van der Waals surface area contributed by atoms with Crippen LogP contribution < -0.4 is 15.0 Å². The second-order valence-electron chi connectivity index (χ2n) is 5.34. The van der Waals surface area contributed by atoms with Crippen molar-refractivity contribution in [2.75, 3.05) is 6.61 Å². The molecule has 0 radical (unpaired) electrons. The third-order valence-electron chi connectivity index (χ3n) is 3.07. The molecular weight excluding hydrogens is 371 g/mol. The van der Waals surface area contributed by atoms with Crippen molar-refractivity contribution in [3.05, 3.63) is 58.4 Å². The number of halogens is 2. The first-order valence-electron chi connectivity index (χ1n) is 7.14. The molecule has 0 aliphatic heterocycles. The minimum atomic E-state index is -4.27. The predicted octanol–water partition coefficient (Wildman–Crippen LogP) is 2.48. The SMILES string of the molecule is Cc1cc(C)cc(OCC(=O)NNS(=O)(=O)c2ccc(Cl)cc2F)c1. The van der Waals surface area contributed by atoms with Crippen molar-refractivity contribution in [2.24, 2.45) is 0 Å². The zero-order valence-electron chi connectivity index (χ0n) is 13.5. The molecule has 0 atom stereocenters. The standard InChI is InChI=1S/C16H16ClFN2O4S/c1-10-5-11(2)7-13(6-10)24-9-16(21)19-20-25(22,23)15-4-3-12(17)8-14(15)18/h3-8,20H,9H2,1-2H3,(H,19,21). The number of nitrogens with one attached hydrogen (secondary N) is 2. The van der Waals surface area contributed by atoms with Crippen LogP contribution in [0.4, 0.5) is 4.39 Å². The summed E-state index contributed by atoms with van der Waals surface area (Å²) >= 11 is 5.57. The zero-order chi connectivity index (χ0) is 18.6. The number of aryl methyl sites for hydroxylation is 2. The van der Waals surface area contributed by atoms with Crippen LogP contribution in [0.25, 0.3) is 0 Å². The lowest BCUT2D eigenvalue weighted by molar-refractivity contribution is -0.123. The number of hydrogen-bond acceptors (Lipinski definition) is 4. The van der Waals surface area contributed by atoms with Crippen LogP contribution in [-0.2, 0) is 14.8 Å². The largest absolute Gasteiger partial charge is 0.484 e. The lowest BCUT2D eigenvalue weighted by atomic mass is 10.1. The molecule has 2 aromatic rings. The van der Waals surface area contributed by atoms with Crippen LogP contribution in [-0.4, -0.2) is 20.9 Å². The van der Waals surface area contributed by atoms with E-state index in [0.29, 0.717) is 5.75 Å². The molecule has 2 rings (SSSR count). The molecule has 6 nitrogen and oxygen atoms in total. The highest BCUT2D eigenvalue weighted by atomic mass is 35.5. The molecule has 134 valence electrons. The van der Waals surface area contributed by atoms with Crippen LogP contribution >= 0.6 is 11.6 Å². The maximum absolute atomic E-state index is 13.7. The summed E-state index contributed by atoms with van der Waals surface area (Å²) in [6, 6.07) is 8.52. The van der Waals surface area contributed by atoms with Gasteiger partial charge in [-0.05, 0) is 55.3 Å². The Morgan fingerprint density at radius 3 is 2.40 bits per heavy atom. The summed E-state index contributed by atoms with van der Waals surface area (Å²) in [5, 5.41) is 0.0577. The van der Waals surface area contributed by atoms with Gasteiger partial charge in [0.05, 0.1) is 0 Å². The summed E-state index contributed by atoms with van der Waals surface area (Å²) in [4.78, 5) is 12.9. The van der Waals surface area contributed by atoms with Crippen LogP contribution in [0.5, 0.6) is 5.75 Å². The first kappa shape index (κ1) is 19.2. The Hall–Kier alpha value is -2.16. The fourth-order valence-corrected chi connectivity index (χ4v) is 3.15. The fraction of sp³-hybridized carbons (Fsp3) is 0.188. The van der Waals surface area contributed by atoms with E-state index < -0.39 is 33.3 Å². The molecule has 0 unspecified atom stereocenters. The topological polar surface area (TPSA) is 84.5 Å². The molecular formula is C16H16ClFN2O4S. The van der Waals surface area contributed by atoms with Crippen molar-refractivity contribution >= 4 is 27.5 Å². The number of amides is 1. The molecule has 25 heavy (non-hydrogen) atoms. The minimum Gasteiger partial charge on any atom is -0.484 e. The Balaban J connectivity index is 1.94. The number of ether oxygens (including phenoxy) is 1. The third-order valence-corrected chi connectivity index (χ3v) is 4.59. The van der Waals surface area contributed by atoms with Crippen LogP contribution in [0.2, 0.25) is 5.02 Å². The molecule has 0 saturated heterocycles. The number of rotatable bonds is 6. The number of carbonyl (C=O) groups is 1. The molecule has 0 aromatic heterocycles. The summed E-state index contributed by atoms with van der Waals surface area (Å²) in [7, 11) is -4.27. The van der Waals surface area contributed by atoms with Gasteiger partial charge in [0.25, 0.3) is 15.9 Å². The van der Waals surface area contributed by atoms with Gasteiger partial charge in [0.15, 0.2) is 6.61 Å². The van der Waals surface area contributed by atoms with Gasteiger partial charge in [-0.15, -0.1) is 4.83 Å². The molecule has 0 spiro atoms. The van der Waals surface area contributed by atoms with Gasteiger partial charge in [0.1, 0.15) is 16.5 Å². The van der Waals surface area contributed by atoms with Gasteiger partial charge in [0, 0.05) is 5.02 Å². The highest BCUT2D eigenvalue weighted by Crippen LogP contribution is 2.18. The summed E-state index contributed by atoms with van der Waals surface area (Å²) in [6.07, 6.45) is 0. The average molecular weight is 387 g/mol. The average Bonchev–Trinajstić information content (AvgIpc) is 2.49. The number of benzene rings is 2. The van der Waals surface area contributed by atoms with E-state index in [1.165, 1.54) is 6.07 Å². The fourth-order valence-electron chi connectivity index (χ4n) is 2.07. The van der Waals surface area contributed by atoms with Gasteiger partial charge in [-0.2, -0.15) is 0 Å².